The predicted molar refractivity (Wildman–Crippen MR) is 129 cm³/mol. The molecule has 1 fully saturated rings. The fourth-order valence-electron chi connectivity index (χ4n) is 5.27. The summed E-state index contributed by atoms with van der Waals surface area (Å²) >= 11 is 0. The number of nitrogens with zero attached hydrogens (tertiary/aromatic N) is 4. The highest BCUT2D eigenvalue weighted by Crippen LogP contribution is 2.42. The molecule has 3 aromatic rings. The van der Waals surface area contributed by atoms with Crippen molar-refractivity contribution in [3.05, 3.63) is 46.9 Å². The number of aromatic nitrogens is 3. The second-order valence-electron chi connectivity index (χ2n) is 10.2. The number of aryl methyl sites for hydroxylation is 1. The molecule has 6 nitrogen and oxygen atoms in total. The fourth-order valence-corrected chi connectivity index (χ4v) is 5.27. The summed E-state index contributed by atoms with van der Waals surface area (Å²) in [6.45, 7) is 10.3. The third-order valence-electron chi connectivity index (χ3n) is 7.33. The van der Waals surface area contributed by atoms with Crippen molar-refractivity contribution in [1.29, 1.82) is 0 Å². The zero-order valence-corrected chi connectivity index (χ0v) is 20.9. The minimum absolute atomic E-state index is 0.0149. The number of rotatable bonds is 5. The van der Waals surface area contributed by atoms with Gasteiger partial charge in [0.2, 0.25) is 0 Å². The number of hydrogen-bond donors (Lipinski definition) is 1. The Morgan fingerprint density at radius 2 is 1.78 bits per heavy atom. The van der Waals surface area contributed by atoms with E-state index in [1.807, 2.05) is 32.6 Å². The molecule has 1 N–H and O–H groups in total. The second-order valence-corrected chi connectivity index (χ2v) is 10.2. The van der Waals surface area contributed by atoms with Crippen LogP contribution >= 0.6 is 0 Å². The molecule has 1 unspecified atom stereocenters. The normalized spacial score (nSPS) is 19.0. The zero-order chi connectivity index (χ0) is 26.6. The highest BCUT2D eigenvalue weighted by molar-refractivity contribution is 5.77. The van der Waals surface area contributed by atoms with Gasteiger partial charge in [-0.05, 0) is 43.7 Å². The maximum Gasteiger partial charge on any atom is 0.416 e. The number of fused-ring (bicyclic) bond motifs is 1. The first-order chi connectivity index (χ1) is 16.8. The molecule has 0 amide bonds. The van der Waals surface area contributed by atoms with Crippen molar-refractivity contribution in [2.24, 2.45) is 11.3 Å². The lowest BCUT2D eigenvalue weighted by Gasteiger charge is -2.44. The van der Waals surface area contributed by atoms with E-state index in [0.29, 0.717) is 30.9 Å². The Morgan fingerprint density at radius 3 is 2.31 bits per heavy atom. The Hall–Kier alpha value is -3.17. The number of piperidine rings is 1. The standard InChI is InChI=1S/C26H30F4N4O2/c1-14(2)19-16(5)31-22-20(27)21(17-7-9-18(10-8-17)26(28,29)30)32-34(22)23(19)33-12-6-11-25(13-33,15(3)4)24(35)36/h7-10,14-15H,6,11-13H2,1-5H3,(H,35,36). The van der Waals surface area contributed by atoms with Crippen LogP contribution in [0, 0.1) is 24.1 Å². The third-order valence-corrected chi connectivity index (χ3v) is 7.33. The van der Waals surface area contributed by atoms with Crippen LogP contribution in [-0.4, -0.2) is 38.8 Å². The summed E-state index contributed by atoms with van der Waals surface area (Å²) in [6.07, 6.45) is -3.33. The average Bonchev–Trinajstić information content (AvgIpc) is 3.13. The molecule has 1 atom stereocenters. The van der Waals surface area contributed by atoms with Crippen molar-refractivity contribution < 1.29 is 27.5 Å². The summed E-state index contributed by atoms with van der Waals surface area (Å²) in [4.78, 5) is 18.8. The molecule has 1 aliphatic heterocycles. The quantitative estimate of drug-likeness (QED) is 0.411. The van der Waals surface area contributed by atoms with Crippen molar-refractivity contribution in [2.45, 2.75) is 59.6 Å². The lowest BCUT2D eigenvalue weighted by atomic mass is 9.71. The first-order valence-electron chi connectivity index (χ1n) is 12.0. The molecule has 4 rings (SSSR count). The molecule has 194 valence electrons. The average molecular weight is 507 g/mol. The fraction of sp³-hybridized carbons (Fsp3) is 0.500. The lowest BCUT2D eigenvalue weighted by molar-refractivity contribution is -0.152. The molecule has 36 heavy (non-hydrogen) atoms. The highest BCUT2D eigenvalue weighted by atomic mass is 19.4. The van der Waals surface area contributed by atoms with Gasteiger partial charge in [0.05, 0.1) is 11.0 Å². The van der Waals surface area contributed by atoms with Gasteiger partial charge in [0.15, 0.2) is 11.5 Å². The molecular formula is C26H30F4N4O2. The summed E-state index contributed by atoms with van der Waals surface area (Å²) in [5.74, 6) is -1.17. The van der Waals surface area contributed by atoms with E-state index in [0.717, 1.165) is 17.7 Å². The number of aliphatic carboxylic acids is 1. The number of carboxylic acids is 1. The number of hydrogen-bond acceptors (Lipinski definition) is 4. The van der Waals surface area contributed by atoms with E-state index in [1.54, 1.807) is 6.92 Å². The minimum atomic E-state index is -4.50. The van der Waals surface area contributed by atoms with Crippen molar-refractivity contribution in [1.82, 2.24) is 14.6 Å². The second kappa shape index (κ2) is 9.05. The lowest BCUT2D eigenvalue weighted by Crippen LogP contribution is -2.51. The Morgan fingerprint density at radius 1 is 1.14 bits per heavy atom. The number of anilines is 1. The topological polar surface area (TPSA) is 70.7 Å². The molecule has 0 radical (unpaired) electrons. The third kappa shape index (κ3) is 4.20. The molecule has 0 spiro atoms. The van der Waals surface area contributed by atoms with Crippen LogP contribution in [0.1, 0.15) is 63.3 Å². The SMILES string of the molecule is Cc1nc2c(F)c(-c3ccc(C(F)(F)F)cc3)nn2c(N2CCCC(C(=O)O)(C(C)C)C2)c1C(C)C. The Bertz CT molecular complexity index is 1300. The largest absolute Gasteiger partial charge is 0.481 e. The van der Waals surface area contributed by atoms with Crippen molar-refractivity contribution in [2.75, 3.05) is 18.0 Å². The van der Waals surface area contributed by atoms with Gasteiger partial charge >= 0.3 is 12.1 Å². The van der Waals surface area contributed by atoms with Gasteiger partial charge in [-0.2, -0.15) is 22.8 Å². The summed E-state index contributed by atoms with van der Waals surface area (Å²) < 4.78 is 56.1. The first-order valence-corrected chi connectivity index (χ1v) is 12.0. The molecule has 0 aliphatic carbocycles. The van der Waals surface area contributed by atoms with E-state index >= 15 is 4.39 Å². The van der Waals surface area contributed by atoms with Crippen LogP contribution in [0.25, 0.3) is 16.9 Å². The van der Waals surface area contributed by atoms with Crippen molar-refractivity contribution in [3.8, 4) is 11.3 Å². The van der Waals surface area contributed by atoms with Gasteiger partial charge in [-0.25, -0.2) is 9.37 Å². The molecule has 1 aliphatic rings. The molecule has 0 bridgehead atoms. The zero-order valence-electron chi connectivity index (χ0n) is 20.9. The van der Waals surface area contributed by atoms with Gasteiger partial charge in [-0.15, -0.1) is 0 Å². The number of halogens is 4. The van der Waals surface area contributed by atoms with Crippen LogP contribution in [0.4, 0.5) is 23.4 Å². The molecule has 1 saturated heterocycles. The number of benzene rings is 1. The van der Waals surface area contributed by atoms with E-state index in [1.165, 1.54) is 16.6 Å². The number of carbonyl (C=O) groups is 1. The van der Waals surface area contributed by atoms with Crippen LogP contribution in [0.5, 0.6) is 0 Å². The van der Waals surface area contributed by atoms with Gasteiger partial charge < -0.3 is 10.0 Å². The van der Waals surface area contributed by atoms with Crippen LogP contribution in [0.3, 0.4) is 0 Å². The molecular weight excluding hydrogens is 476 g/mol. The van der Waals surface area contributed by atoms with Crippen LogP contribution in [0.2, 0.25) is 0 Å². The summed E-state index contributed by atoms with van der Waals surface area (Å²) in [7, 11) is 0. The van der Waals surface area contributed by atoms with E-state index in [4.69, 9.17) is 0 Å². The van der Waals surface area contributed by atoms with Gasteiger partial charge in [0, 0.05) is 29.9 Å². The predicted octanol–water partition coefficient (Wildman–Crippen LogP) is 6.31. The van der Waals surface area contributed by atoms with Crippen LogP contribution in [0.15, 0.2) is 24.3 Å². The van der Waals surface area contributed by atoms with E-state index in [-0.39, 0.29) is 35.3 Å². The van der Waals surface area contributed by atoms with Gasteiger partial charge in [0.1, 0.15) is 11.5 Å². The monoisotopic (exact) mass is 506 g/mol. The van der Waals surface area contributed by atoms with E-state index in [2.05, 4.69) is 10.1 Å². The Balaban J connectivity index is 1.92. The molecule has 1 aromatic carbocycles. The van der Waals surface area contributed by atoms with E-state index < -0.39 is 28.9 Å². The molecule has 2 aromatic heterocycles. The summed E-state index contributed by atoms with van der Waals surface area (Å²) in [5, 5.41) is 14.6. The molecule has 0 saturated carbocycles. The first kappa shape index (κ1) is 25.9. The Labute approximate surface area is 206 Å². The Kier molecular flexibility index (Phi) is 6.51. The number of carboxylic acid groups (broad SMARTS) is 1. The van der Waals surface area contributed by atoms with Gasteiger partial charge in [-0.1, -0.05) is 39.8 Å². The maximum absolute atomic E-state index is 15.6. The van der Waals surface area contributed by atoms with Crippen molar-refractivity contribution in [3.63, 3.8) is 0 Å². The van der Waals surface area contributed by atoms with Gasteiger partial charge in [0.25, 0.3) is 0 Å². The van der Waals surface area contributed by atoms with Gasteiger partial charge in [-0.3, -0.25) is 4.79 Å². The number of alkyl halides is 3. The van der Waals surface area contributed by atoms with Crippen molar-refractivity contribution >= 4 is 17.4 Å². The van der Waals surface area contributed by atoms with Crippen LogP contribution < -0.4 is 4.90 Å². The smallest absolute Gasteiger partial charge is 0.416 e. The maximum atomic E-state index is 15.6. The summed E-state index contributed by atoms with van der Waals surface area (Å²) in [6, 6.07) is 4.18. The minimum Gasteiger partial charge on any atom is -0.481 e. The summed E-state index contributed by atoms with van der Waals surface area (Å²) in [5.41, 5.74) is -0.338. The highest BCUT2D eigenvalue weighted by Gasteiger charge is 2.46. The van der Waals surface area contributed by atoms with E-state index in [9.17, 15) is 23.1 Å². The molecule has 10 heteroatoms. The molecule has 3 heterocycles. The van der Waals surface area contributed by atoms with Crippen LogP contribution in [-0.2, 0) is 11.0 Å².